The first kappa shape index (κ1) is 21.2. The SMILES string of the molecule is CC(C)(C)C#Cc1cc(NC2CCC(OC3CCOCC3)CC2)c(C(=O)O)s1. The van der Waals surface area contributed by atoms with Gasteiger partial charge in [0, 0.05) is 24.7 Å². The summed E-state index contributed by atoms with van der Waals surface area (Å²) in [5.41, 5.74) is 0.591. The molecular weight excluding hydrogens is 374 g/mol. The Balaban J connectivity index is 1.57. The summed E-state index contributed by atoms with van der Waals surface area (Å²) in [6.45, 7) is 7.75. The highest BCUT2D eigenvalue weighted by Crippen LogP contribution is 2.31. The summed E-state index contributed by atoms with van der Waals surface area (Å²) in [6.07, 6.45) is 6.65. The highest BCUT2D eigenvalue weighted by Gasteiger charge is 2.26. The molecule has 0 unspecified atom stereocenters. The number of ether oxygens (including phenoxy) is 2. The Morgan fingerprint density at radius 1 is 1.18 bits per heavy atom. The predicted molar refractivity (Wildman–Crippen MR) is 112 cm³/mol. The molecule has 2 fully saturated rings. The maximum absolute atomic E-state index is 11.6. The molecule has 0 radical (unpaired) electrons. The van der Waals surface area contributed by atoms with Crippen molar-refractivity contribution in [1.29, 1.82) is 0 Å². The molecule has 1 aromatic rings. The lowest BCUT2D eigenvalue weighted by Gasteiger charge is -2.33. The van der Waals surface area contributed by atoms with E-state index in [0.717, 1.165) is 56.6 Å². The fourth-order valence-corrected chi connectivity index (χ4v) is 4.43. The van der Waals surface area contributed by atoms with Crippen LogP contribution in [0.4, 0.5) is 5.69 Å². The third-order valence-electron chi connectivity index (χ3n) is 5.07. The van der Waals surface area contributed by atoms with Gasteiger partial charge in [-0.15, -0.1) is 11.3 Å². The smallest absolute Gasteiger partial charge is 0.348 e. The van der Waals surface area contributed by atoms with Crippen LogP contribution < -0.4 is 5.32 Å². The van der Waals surface area contributed by atoms with E-state index in [-0.39, 0.29) is 11.5 Å². The van der Waals surface area contributed by atoms with Gasteiger partial charge >= 0.3 is 5.97 Å². The molecule has 6 heteroatoms. The van der Waals surface area contributed by atoms with Crippen LogP contribution >= 0.6 is 11.3 Å². The number of hydrogen-bond donors (Lipinski definition) is 2. The maximum Gasteiger partial charge on any atom is 0.348 e. The van der Waals surface area contributed by atoms with E-state index < -0.39 is 5.97 Å². The van der Waals surface area contributed by atoms with Crippen molar-refractivity contribution in [1.82, 2.24) is 0 Å². The van der Waals surface area contributed by atoms with E-state index in [4.69, 9.17) is 9.47 Å². The molecule has 1 aromatic heterocycles. The second-order valence-electron chi connectivity index (χ2n) is 8.72. The quantitative estimate of drug-likeness (QED) is 0.691. The van der Waals surface area contributed by atoms with Crippen molar-refractivity contribution in [3.05, 3.63) is 15.8 Å². The summed E-state index contributed by atoms with van der Waals surface area (Å²) in [5, 5.41) is 13.0. The van der Waals surface area contributed by atoms with Crippen molar-refractivity contribution < 1.29 is 19.4 Å². The van der Waals surface area contributed by atoms with Crippen LogP contribution in [-0.4, -0.2) is 42.5 Å². The minimum Gasteiger partial charge on any atom is -0.477 e. The number of rotatable bonds is 5. The van der Waals surface area contributed by atoms with Gasteiger partial charge in [0.25, 0.3) is 0 Å². The summed E-state index contributed by atoms with van der Waals surface area (Å²) in [7, 11) is 0. The number of nitrogens with one attached hydrogen (secondary N) is 1. The van der Waals surface area contributed by atoms with E-state index in [0.29, 0.717) is 22.8 Å². The third-order valence-corrected chi connectivity index (χ3v) is 6.11. The van der Waals surface area contributed by atoms with Crippen molar-refractivity contribution in [3.63, 3.8) is 0 Å². The molecule has 154 valence electrons. The van der Waals surface area contributed by atoms with E-state index in [9.17, 15) is 9.90 Å². The van der Waals surface area contributed by atoms with Crippen LogP contribution in [0.3, 0.4) is 0 Å². The van der Waals surface area contributed by atoms with Gasteiger partial charge in [0.2, 0.25) is 0 Å². The highest BCUT2D eigenvalue weighted by atomic mass is 32.1. The summed E-state index contributed by atoms with van der Waals surface area (Å²) in [6, 6.07) is 2.17. The molecule has 0 spiro atoms. The average molecular weight is 406 g/mol. The van der Waals surface area contributed by atoms with Gasteiger partial charge in [0.15, 0.2) is 0 Å². The normalized spacial score (nSPS) is 23.7. The molecule has 1 aliphatic carbocycles. The number of carbonyl (C=O) groups is 1. The number of carboxylic acid groups (broad SMARTS) is 1. The lowest BCUT2D eigenvalue weighted by atomic mass is 9.92. The summed E-state index contributed by atoms with van der Waals surface area (Å²) >= 11 is 1.25. The van der Waals surface area contributed by atoms with Gasteiger partial charge in [0.1, 0.15) is 4.88 Å². The molecule has 1 saturated heterocycles. The number of anilines is 1. The van der Waals surface area contributed by atoms with Crippen molar-refractivity contribution in [2.45, 2.75) is 77.5 Å². The molecule has 28 heavy (non-hydrogen) atoms. The van der Waals surface area contributed by atoms with E-state index in [1.54, 1.807) is 0 Å². The van der Waals surface area contributed by atoms with Gasteiger partial charge < -0.3 is 19.9 Å². The standard InChI is InChI=1S/C22H31NO4S/c1-22(2,3)11-8-18-14-19(20(28-18)21(24)25)23-15-4-6-16(7-5-15)27-17-9-12-26-13-10-17/h14-17,23H,4-7,9-10,12-13H2,1-3H3,(H,24,25). The number of thiophene rings is 1. The molecule has 2 N–H and O–H groups in total. The monoisotopic (exact) mass is 405 g/mol. The van der Waals surface area contributed by atoms with Crippen LogP contribution in [0, 0.1) is 17.3 Å². The van der Waals surface area contributed by atoms with Crippen LogP contribution in [0.1, 0.15) is 73.8 Å². The van der Waals surface area contributed by atoms with Crippen molar-refractivity contribution in [3.8, 4) is 11.8 Å². The van der Waals surface area contributed by atoms with Gasteiger partial charge in [-0.05, 0) is 65.4 Å². The Morgan fingerprint density at radius 3 is 2.43 bits per heavy atom. The molecule has 0 bridgehead atoms. The fraction of sp³-hybridized carbons (Fsp3) is 0.682. The second-order valence-corrected chi connectivity index (χ2v) is 9.78. The van der Waals surface area contributed by atoms with Gasteiger partial charge in [-0.2, -0.15) is 0 Å². The zero-order chi connectivity index (χ0) is 20.1. The molecule has 1 saturated carbocycles. The van der Waals surface area contributed by atoms with Crippen LogP contribution in [0.2, 0.25) is 0 Å². The van der Waals surface area contributed by atoms with Crippen LogP contribution in [0.15, 0.2) is 6.07 Å². The van der Waals surface area contributed by atoms with Crippen molar-refractivity contribution in [2.75, 3.05) is 18.5 Å². The first-order valence-corrected chi connectivity index (χ1v) is 11.0. The first-order valence-electron chi connectivity index (χ1n) is 10.2. The molecule has 5 nitrogen and oxygen atoms in total. The molecule has 0 aromatic carbocycles. The largest absolute Gasteiger partial charge is 0.477 e. The molecule has 1 aliphatic heterocycles. The first-order chi connectivity index (χ1) is 13.3. The number of aromatic carboxylic acids is 1. The Labute approximate surface area is 171 Å². The van der Waals surface area contributed by atoms with Gasteiger partial charge in [-0.1, -0.05) is 11.8 Å². The molecule has 2 aliphatic rings. The zero-order valence-electron chi connectivity index (χ0n) is 17.0. The third kappa shape index (κ3) is 6.23. The van der Waals surface area contributed by atoms with Gasteiger partial charge in [0.05, 0.1) is 22.8 Å². The van der Waals surface area contributed by atoms with E-state index >= 15 is 0 Å². The predicted octanol–water partition coefficient (Wildman–Crippen LogP) is 4.76. The van der Waals surface area contributed by atoms with Crippen LogP contribution in [0.25, 0.3) is 0 Å². The Bertz CT molecular complexity index is 726. The van der Waals surface area contributed by atoms with E-state index in [1.807, 2.05) is 26.8 Å². The van der Waals surface area contributed by atoms with Crippen LogP contribution in [-0.2, 0) is 9.47 Å². The molecular formula is C22H31NO4S. The molecule has 0 amide bonds. The number of carboxylic acids is 1. The maximum atomic E-state index is 11.6. The molecule has 0 atom stereocenters. The molecule has 2 heterocycles. The van der Waals surface area contributed by atoms with Gasteiger partial charge in [-0.25, -0.2) is 4.79 Å². The highest BCUT2D eigenvalue weighted by molar-refractivity contribution is 7.15. The minimum atomic E-state index is -0.896. The van der Waals surface area contributed by atoms with Crippen LogP contribution in [0.5, 0.6) is 0 Å². The lowest BCUT2D eigenvalue weighted by Crippen LogP contribution is -2.34. The topological polar surface area (TPSA) is 67.8 Å². The minimum absolute atomic E-state index is 0.107. The van der Waals surface area contributed by atoms with Gasteiger partial charge in [-0.3, -0.25) is 0 Å². The summed E-state index contributed by atoms with van der Waals surface area (Å²) in [5.74, 6) is 5.41. The van der Waals surface area contributed by atoms with E-state index in [2.05, 4.69) is 17.2 Å². The fourth-order valence-electron chi connectivity index (χ4n) is 3.62. The lowest BCUT2D eigenvalue weighted by molar-refractivity contribution is -0.0787. The summed E-state index contributed by atoms with van der Waals surface area (Å²) in [4.78, 5) is 12.8. The summed E-state index contributed by atoms with van der Waals surface area (Å²) < 4.78 is 11.6. The molecule has 3 rings (SSSR count). The Hall–Kier alpha value is -1.55. The Kier molecular flexibility index (Phi) is 7.03. The van der Waals surface area contributed by atoms with Crippen molar-refractivity contribution in [2.24, 2.45) is 5.41 Å². The van der Waals surface area contributed by atoms with Crippen molar-refractivity contribution >= 4 is 23.0 Å². The second kappa shape index (κ2) is 9.30. The number of hydrogen-bond acceptors (Lipinski definition) is 5. The van der Waals surface area contributed by atoms with E-state index in [1.165, 1.54) is 11.3 Å². The Morgan fingerprint density at radius 2 is 1.82 bits per heavy atom. The average Bonchev–Trinajstić information content (AvgIpc) is 3.05. The zero-order valence-corrected chi connectivity index (χ0v) is 17.9.